The highest BCUT2D eigenvalue weighted by atomic mass is 16.6. The Labute approximate surface area is 425 Å². The molecule has 0 aliphatic carbocycles. The summed E-state index contributed by atoms with van der Waals surface area (Å²) in [4.78, 5) is 25.5. The highest BCUT2D eigenvalue weighted by Gasteiger charge is 2.17. The molecular formula is C63H118O5. The fourth-order valence-corrected chi connectivity index (χ4v) is 9.11. The Morgan fingerprint density at radius 1 is 0.324 bits per heavy atom. The van der Waals surface area contributed by atoms with E-state index in [2.05, 4.69) is 57.2 Å². The molecule has 0 aliphatic heterocycles. The van der Waals surface area contributed by atoms with Gasteiger partial charge in [-0.2, -0.15) is 0 Å². The van der Waals surface area contributed by atoms with Gasteiger partial charge in [0.05, 0.1) is 6.61 Å². The summed E-state index contributed by atoms with van der Waals surface area (Å²) < 4.78 is 17.5. The molecule has 0 amide bonds. The van der Waals surface area contributed by atoms with Crippen LogP contribution in [0.15, 0.2) is 36.5 Å². The second kappa shape index (κ2) is 59.4. The molecule has 0 aromatic rings. The fraction of sp³-hybridized carbons (Fsp3) is 0.873. The molecule has 0 aromatic carbocycles. The number of esters is 2. The molecule has 0 bridgehead atoms. The zero-order valence-corrected chi connectivity index (χ0v) is 46.1. The van der Waals surface area contributed by atoms with E-state index in [1.807, 2.05) is 0 Å². The van der Waals surface area contributed by atoms with Gasteiger partial charge in [0.15, 0.2) is 6.10 Å². The van der Waals surface area contributed by atoms with Crippen LogP contribution in [-0.4, -0.2) is 37.9 Å². The van der Waals surface area contributed by atoms with Gasteiger partial charge >= 0.3 is 11.9 Å². The van der Waals surface area contributed by atoms with Crippen molar-refractivity contribution in [3.05, 3.63) is 36.5 Å². The Balaban J connectivity index is 4.24. The normalized spacial score (nSPS) is 12.3. The van der Waals surface area contributed by atoms with Crippen molar-refractivity contribution in [3.8, 4) is 0 Å². The molecule has 1 atom stereocenters. The van der Waals surface area contributed by atoms with Gasteiger partial charge in [0.1, 0.15) is 6.61 Å². The van der Waals surface area contributed by atoms with Gasteiger partial charge < -0.3 is 14.2 Å². The summed E-state index contributed by atoms with van der Waals surface area (Å²) in [7, 11) is 0. The molecule has 0 radical (unpaired) electrons. The zero-order valence-electron chi connectivity index (χ0n) is 46.1. The lowest BCUT2D eigenvalue weighted by atomic mass is 10.0. The van der Waals surface area contributed by atoms with Crippen LogP contribution in [0.4, 0.5) is 0 Å². The SMILES string of the molecule is CCCCC/C=C\C/C=C\C/C=C\CCCCC(=O)OC[C@@H](COCCCCCCCCCCCCCCCCCC)OC(=O)CCCCCCCCCCCCCCCCCCCCCCC. The minimum absolute atomic E-state index is 0.0724. The number of rotatable bonds is 57. The van der Waals surface area contributed by atoms with Crippen LogP contribution in [0.3, 0.4) is 0 Å². The molecule has 5 nitrogen and oxygen atoms in total. The Hall–Kier alpha value is -1.88. The molecule has 0 unspecified atom stereocenters. The molecule has 0 N–H and O–H groups in total. The minimum atomic E-state index is -0.546. The van der Waals surface area contributed by atoms with E-state index in [-0.39, 0.29) is 25.2 Å². The maximum atomic E-state index is 12.9. The van der Waals surface area contributed by atoms with E-state index in [4.69, 9.17) is 14.2 Å². The summed E-state index contributed by atoms with van der Waals surface area (Å²) in [6.07, 6.45) is 73.2. The first kappa shape index (κ1) is 66.1. The van der Waals surface area contributed by atoms with Crippen molar-refractivity contribution in [1.29, 1.82) is 0 Å². The van der Waals surface area contributed by atoms with E-state index in [0.29, 0.717) is 19.4 Å². The summed E-state index contributed by atoms with van der Waals surface area (Å²) in [5.74, 6) is -0.418. The Bertz CT molecular complexity index is 1080. The Morgan fingerprint density at radius 2 is 0.618 bits per heavy atom. The van der Waals surface area contributed by atoms with Gasteiger partial charge in [-0.05, 0) is 57.8 Å². The van der Waals surface area contributed by atoms with Crippen LogP contribution in [0, 0.1) is 0 Å². The second-order valence-electron chi connectivity index (χ2n) is 20.6. The smallest absolute Gasteiger partial charge is 0.306 e. The van der Waals surface area contributed by atoms with Crippen LogP contribution in [-0.2, 0) is 23.8 Å². The van der Waals surface area contributed by atoms with Crippen LogP contribution in [0.5, 0.6) is 0 Å². The van der Waals surface area contributed by atoms with E-state index in [0.717, 1.165) is 51.4 Å². The predicted molar refractivity (Wildman–Crippen MR) is 298 cm³/mol. The molecule has 0 spiro atoms. The summed E-state index contributed by atoms with van der Waals surface area (Å²) in [6, 6.07) is 0. The molecule has 0 fully saturated rings. The van der Waals surface area contributed by atoms with Gasteiger partial charge in [-0.1, -0.05) is 295 Å². The van der Waals surface area contributed by atoms with E-state index in [9.17, 15) is 9.59 Å². The van der Waals surface area contributed by atoms with E-state index in [1.165, 1.54) is 244 Å². The molecule has 68 heavy (non-hydrogen) atoms. The van der Waals surface area contributed by atoms with Crippen LogP contribution in [0.25, 0.3) is 0 Å². The van der Waals surface area contributed by atoms with Crippen molar-refractivity contribution in [3.63, 3.8) is 0 Å². The molecular weight excluding hydrogens is 837 g/mol. The monoisotopic (exact) mass is 955 g/mol. The molecule has 0 rings (SSSR count). The van der Waals surface area contributed by atoms with Crippen molar-refractivity contribution in [1.82, 2.24) is 0 Å². The first-order chi connectivity index (χ1) is 33.6. The molecule has 0 saturated carbocycles. The third kappa shape index (κ3) is 56.7. The number of hydrogen-bond donors (Lipinski definition) is 0. The number of carbonyl (C=O) groups excluding carboxylic acids is 2. The maximum absolute atomic E-state index is 12.9. The highest BCUT2D eigenvalue weighted by molar-refractivity contribution is 5.70. The number of hydrogen-bond acceptors (Lipinski definition) is 5. The van der Waals surface area contributed by atoms with Crippen LogP contribution < -0.4 is 0 Å². The summed E-state index contributed by atoms with van der Waals surface area (Å²) >= 11 is 0. The van der Waals surface area contributed by atoms with Crippen LogP contribution in [0.2, 0.25) is 0 Å². The lowest BCUT2D eigenvalue weighted by Gasteiger charge is -2.18. The third-order valence-electron chi connectivity index (χ3n) is 13.7. The fourth-order valence-electron chi connectivity index (χ4n) is 9.11. The average molecular weight is 956 g/mol. The minimum Gasteiger partial charge on any atom is -0.462 e. The Morgan fingerprint density at radius 3 is 1.01 bits per heavy atom. The number of allylic oxidation sites excluding steroid dienone is 6. The predicted octanol–water partition coefficient (Wildman–Crippen LogP) is 20.9. The quantitative estimate of drug-likeness (QED) is 0.0345. The standard InChI is InChI=1S/C63H118O5/c1-4-7-10-13-16-19-22-25-28-30-31-32-33-34-36-39-42-45-48-51-54-57-63(65)68-61(59-66-58-55-52-49-46-43-40-37-29-26-23-20-17-14-11-8-5-2)60-67-62(64)56-53-50-47-44-41-38-35-27-24-21-18-15-12-9-6-3/h18,21,27,35,41,44,61H,4-17,19-20,22-26,28-34,36-40,42-43,45-60H2,1-3H3/b21-18-,35-27-,44-41-/t61-/m1/s1. The van der Waals surface area contributed by atoms with Crippen LogP contribution >= 0.6 is 0 Å². The van der Waals surface area contributed by atoms with Crippen molar-refractivity contribution in [2.75, 3.05) is 19.8 Å². The van der Waals surface area contributed by atoms with Gasteiger partial charge in [0.2, 0.25) is 0 Å². The number of carbonyl (C=O) groups is 2. The zero-order chi connectivity index (χ0) is 49.2. The summed E-state index contributed by atoms with van der Waals surface area (Å²) in [5, 5.41) is 0. The van der Waals surface area contributed by atoms with Crippen molar-refractivity contribution < 1.29 is 23.8 Å². The first-order valence-electron chi connectivity index (χ1n) is 30.5. The van der Waals surface area contributed by atoms with E-state index in [1.54, 1.807) is 0 Å². The molecule has 5 heteroatoms. The third-order valence-corrected chi connectivity index (χ3v) is 13.7. The van der Waals surface area contributed by atoms with Crippen molar-refractivity contribution in [2.45, 2.75) is 335 Å². The van der Waals surface area contributed by atoms with Crippen molar-refractivity contribution in [2.24, 2.45) is 0 Å². The van der Waals surface area contributed by atoms with Gasteiger partial charge in [-0.15, -0.1) is 0 Å². The molecule has 0 aromatic heterocycles. The lowest BCUT2D eigenvalue weighted by molar-refractivity contribution is -0.163. The van der Waals surface area contributed by atoms with Gasteiger partial charge in [-0.25, -0.2) is 0 Å². The summed E-state index contributed by atoms with van der Waals surface area (Å²) in [5.41, 5.74) is 0. The largest absolute Gasteiger partial charge is 0.462 e. The second-order valence-corrected chi connectivity index (χ2v) is 20.6. The summed E-state index contributed by atoms with van der Waals surface area (Å²) in [6.45, 7) is 7.84. The average Bonchev–Trinajstić information content (AvgIpc) is 3.34. The number of unbranched alkanes of at least 4 members (excludes halogenated alkanes) is 40. The van der Waals surface area contributed by atoms with Gasteiger partial charge in [0, 0.05) is 19.4 Å². The lowest BCUT2D eigenvalue weighted by Crippen LogP contribution is -2.30. The van der Waals surface area contributed by atoms with Crippen molar-refractivity contribution >= 4 is 11.9 Å². The van der Waals surface area contributed by atoms with Gasteiger partial charge in [-0.3, -0.25) is 9.59 Å². The molecule has 0 aliphatic rings. The highest BCUT2D eigenvalue weighted by Crippen LogP contribution is 2.17. The Kier molecular flexibility index (Phi) is 57.8. The maximum Gasteiger partial charge on any atom is 0.306 e. The van der Waals surface area contributed by atoms with Gasteiger partial charge in [0.25, 0.3) is 0 Å². The first-order valence-corrected chi connectivity index (χ1v) is 30.5. The van der Waals surface area contributed by atoms with E-state index >= 15 is 0 Å². The van der Waals surface area contributed by atoms with E-state index < -0.39 is 6.10 Å². The molecule has 400 valence electrons. The molecule has 0 heterocycles. The topological polar surface area (TPSA) is 61.8 Å². The van der Waals surface area contributed by atoms with Crippen LogP contribution in [0.1, 0.15) is 329 Å². The molecule has 0 saturated heterocycles. The number of ether oxygens (including phenoxy) is 3.